The fourth-order valence-electron chi connectivity index (χ4n) is 3.31. The lowest BCUT2D eigenvalue weighted by molar-refractivity contribution is -0.113. The predicted octanol–water partition coefficient (Wildman–Crippen LogP) is 3.61. The largest absolute Gasteiger partial charge is 0.501 e. The van der Waals surface area contributed by atoms with E-state index in [0.29, 0.717) is 12.2 Å². The number of allylic oxidation sites excluding steroid dienone is 1. The minimum absolute atomic E-state index is 0.0216. The van der Waals surface area contributed by atoms with Gasteiger partial charge in [0.25, 0.3) is 5.91 Å². The molecule has 1 aromatic rings. The van der Waals surface area contributed by atoms with Crippen LogP contribution in [0.25, 0.3) is 11.1 Å². The maximum Gasteiger partial charge on any atom is 0.262 e. The number of hydrogen-bond acceptors (Lipinski definition) is 3. The first-order valence-electron chi connectivity index (χ1n) is 7.49. The molecule has 4 nitrogen and oxygen atoms in total. The number of carbonyl (C=O) groups excluding carboxylic acids is 1. The fraction of sp³-hybridized carbons (Fsp3) is 0.389. The van der Waals surface area contributed by atoms with Gasteiger partial charge in [-0.2, -0.15) is 0 Å². The topological polar surface area (TPSA) is 38.8 Å². The molecule has 0 aliphatic carbocycles. The summed E-state index contributed by atoms with van der Waals surface area (Å²) < 4.78 is 10.8. The van der Waals surface area contributed by atoms with Crippen LogP contribution < -0.4 is 9.64 Å². The zero-order valence-electron chi connectivity index (χ0n) is 13.7. The molecular formula is C18H21NO3. The van der Waals surface area contributed by atoms with Crippen molar-refractivity contribution in [3.63, 3.8) is 0 Å². The number of amides is 1. The molecule has 2 heterocycles. The van der Waals surface area contributed by atoms with E-state index in [9.17, 15) is 4.79 Å². The summed E-state index contributed by atoms with van der Waals surface area (Å²) >= 11 is 0. The van der Waals surface area contributed by atoms with E-state index < -0.39 is 0 Å². The number of hydrogen-bond donors (Lipinski definition) is 0. The standard InChI is InChI=1S/C18H21NO3/c1-6-22-10-15-14-8-12(21-5)7-13-11(2)9-18(3,4)19(16(13)14)17(15)20/h7-10H,6H2,1-5H3/b15-10+. The highest BCUT2D eigenvalue weighted by Crippen LogP contribution is 2.50. The fourth-order valence-corrected chi connectivity index (χ4v) is 3.31. The van der Waals surface area contributed by atoms with E-state index in [4.69, 9.17) is 9.47 Å². The van der Waals surface area contributed by atoms with Crippen LogP contribution in [0, 0.1) is 0 Å². The molecule has 0 N–H and O–H groups in total. The van der Waals surface area contributed by atoms with Crippen LogP contribution in [0.5, 0.6) is 5.75 Å². The van der Waals surface area contributed by atoms with Crippen molar-refractivity contribution in [1.29, 1.82) is 0 Å². The molecule has 116 valence electrons. The minimum Gasteiger partial charge on any atom is -0.501 e. The Kier molecular flexibility index (Phi) is 3.28. The lowest BCUT2D eigenvalue weighted by Crippen LogP contribution is -2.46. The zero-order chi connectivity index (χ0) is 16.1. The Labute approximate surface area is 131 Å². The van der Waals surface area contributed by atoms with Crippen LogP contribution in [0.15, 0.2) is 24.5 Å². The summed E-state index contributed by atoms with van der Waals surface area (Å²) in [7, 11) is 1.64. The van der Waals surface area contributed by atoms with Crippen molar-refractivity contribution in [3.8, 4) is 5.75 Å². The lowest BCUT2D eigenvalue weighted by atomic mass is 9.89. The molecule has 0 spiro atoms. The van der Waals surface area contributed by atoms with Gasteiger partial charge < -0.3 is 9.47 Å². The van der Waals surface area contributed by atoms with Crippen LogP contribution in [0.1, 0.15) is 38.8 Å². The number of anilines is 1. The number of benzene rings is 1. The van der Waals surface area contributed by atoms with Crippen molar-refractivity contribution in [2.24, 2.45) is 0 Å². The smallest absolute Gasteiger partial charge is 0.262 e. The summed E-state index contributed by atoms with van der Waals surface area (Å²) in [6.45, 7) is 8.61. The molecule has 4 heteroatoms. The molecule has 0 saturated heterocycles. The highest BCUT2D eigenvalue weighted by molar-refractivity contribution is 6.34. The van der Waals surface area contributed by atoms with E-state index in [1.165, 1.54) is 0 Å². The first kappa shape index (κ1) is 14.7. The number of methoxy groups -OCH3 is 1. The number of ether oxygens (including phenoxy) is 2. The van der Waals surface area contributed by atoms with Crippen LogP contribution in [-0.2, 0) is 9.53 Å². The van der Waals surface area contributed by atoms with Crippen LogP contribution in [0.4, 0.5) is 5.69 Å². The SMILES string of the molecule is CCO/C=C1/C(=O)N2c3c(cc(OC)cc31)C(C)=CC2(C)C. The summed E-state index contributed by atoms with van der Waals surface area (Å²) in [5.41, 5.74) is 4.27. The summed E-state index contributed by atoms with van der Waals surface area (Å²) in [5, 5.41) is 0. The molecule has 0 radical (unpaired) electrons. The maximum absolute atomic E-state index is 12.9. The van der Waals surface area contributed by atoms with Crippen molar-refractivity contribution >= 4 is 22.7 Å². The molecular weight excluding hydrogens is 278 g/mol. The third-order valence-electron chi connectivity index (χ3n) is 4.21. The van der Waals surface area contributed by atoms with Gasteiger partial charge in [-0.15, -0.1) is 0 Å². The van der Waals surface area contributed by atoms with E-state index >= 15 is 0 Å². The molecule has 0 unspecified atom stereocenters. The molecule has 0 bridgehead atoms. The summed E-state index contributed by atoms with van der Waals surface area (Å²) in [6, 6.07) is 3.90. The molecule has 22 heavy (non-hydrogen) atoms. The quantitative estimate of drug-likeness (QED) is 0.632. The highest BCUT2D eigenvalue weighted by Gasteiger charge is 2.44. The Morgan fingerprint density at radius 1 is 1.27 bits per heavy atom. The number of rotatable bonds is 3. The molecule has 1 aromatic carbocycles. The van der Waals surface area contributed by atoms with Crippen molar-refractivity contribution in [2.75, 3.05) is 18.6 Å². The molecule has 0 atom stereocenters. The summed E-state index contributed by atoms with van der Waals surface area (Å²) in [5.74, 6) is 0.727. The molecule has 2 aliphatic rings. The molecule has 1 amide bonds. The molecule has 0 saturated carbocycles. The molecule has 0 aromatic heterocycles. The van der Waals surface area contributed by atoms with Gasteiger partial charge in [-0.25, -0.2) is 0 Å². The normalized spacial score (nSPS) is 20.0. The molecule has 2 aliphatic heterocycles. The van der Waals surface area contributed by atoms with Gasteiger partial charge in [0.05, 0.1) is 36.8 Å². The average molecular weight is 299 g/mol. The highest BCUT2D eigenvalue weighted by atomic mass is 16.5. The van der Waals surface area contributed by atoms with E-state index in [-0.39, 0.29) is 11.4 Å². The van der Waals surface area contributed by atoms with Gasteiger partial charge in [0.2, 0.25) is 0 Å². The minimum atomic E-state index is -0.362. The first-order chi connectivity index (χ1) is 10.4. The number of nitrogens with zero attached hydrogens (tertiary/aromatic N) is 1. The lowest BCUT2D eigenvalue weighted by Gasteiger charge is -2.38. The van der Waals surface area contributed by atoms with Crippen LogP contribution in [0.3, 0.4) is 0 Å². The first-order valence-corrected chi connectivity index (χ1v) is 7.49. The van der Waals surface area contributed by atoms with E-state index in [2.05, 4.69) is 26.8 Å². The van der Waals surface area contributed by atoms with Gasteiger partial charge in [0.1, 0.15) is 5.75 Å². The van der Waals surface area contributed by atoms with Gasteiger partial charge in [-0.3, -0.25) is 9.69 Å². The van der Waals surface area contributed by atoms with Crippen LogP contribution >= 0.6 is 0 Å². The van der Waals surface area contributed by atoms with Crippen LogP contribution in [-0.4, -0.2) is 25.2 Å². The Morgan fingerprint density at radius 3 is 2.59 bits per heavy atom. The maximum atomic E-state index is 12.9. The summed E-state index contributed by atoms with van der Waals surface area (Å²) in [4.78, 5) is 14.8. The van der Waals surface area contributed by atoms with Crippen molar-refractivity contribution in [1.82, 2.24) is 0 Å². The second-order valence-electron chi connectivity index (χ2n) is 6.18. The Balaban J connectivity index is 2.31. The third-order valence-corrected chi connectivity index (χ3v) is 4.21. The van der Waals surface area contributed by atoms with Gasteiger partial charge in [0, 0.05) is 11.1 Å². The summed E-state index contributed by atoms with van der Waals surface area (Å²) in [6.07, 6.45) is 3.70. The predicted molar refractivity (Wildman–Crippen MR) is 87.8 cm³/mol. The van der Waals surface area contributed by atoms with Gasteiger partial charge >= 0.3 is 0 Å². The Morgan fingerprint density at radius 2 is 1.95 bits per heavy atom. The zero-order valence-corrected chi connectivity index (χ0v) is 13.7. The van der Waals surface area contributed by atoms with Crippen molar-refractivity contribution in [3.05, 3.63) is 35.6 Å². The second-order valence-corrected chi connectivity index (χ2v) is 6.18. The van der Waals surface area contributed by atoms with Gasteiger partial charge in [0.15, 0.2) is 0 Å². The Hall–Kier alpha value is -2.23. The molecule has 0 fully saturated rings. The monoisotopic (exact) mass is 299 g/mol. The van der Waals surface area contributed by atoms with Gasteiger partial charge in [-0.05, 0) is 45.4 Å². The van der Waals surface area contributed by atoms with E-state index in [0.717, 1.165) is 28.1 Å². The Bertz CT molecular complexity index is 713. The van der Waals surface area contributed by atoms with Crippen molar-refractivity contribution < 1.29 is 14.3 Å². The third kappa shape index (κ3) is 1.94. The molecule has 3 rings (SSSR count). The second kappa shape index (κ2) is 4.90. The van der Waals surface area contributed by atoms with Gasteiger partial charge in [-0.1, -0.05) is 6.08 Å². The van der Waals surface area contributed by atoms with Crippen LogP contribution in [0.2, 0.25) is 0 Å². The van der Waals surface area contributed by atoms with Crippen molar-refractivity contribution in [2.45, 2.75) is 33.2 Å². The average Bonchev–Trinajstić information content (AvgIpc) is 2.75. The van der Waals surface area contributed by atoms with E-state index in [1.54, 1.807) is 13.4 Å². The number of carbonyl (C=O) groups is 1. The van der Waals surface area contributed by atoms with E-state index in [1.807, 2.05) is 24.0 Å².